The molecule has 0 radical (unpaired) electrons. The van der Waals surface area contributed by atoms with Crippen molar-refractivity contribution in [2.45, 2.75) is 51.2 Å². The average molecular weight is 355 g/mol. The zero-order chi connectivity index (χ0) is 18.0. The molecule has 1 atom stereocenters. The summed E-state index contributed by atoms with van der Waals surface area (Å²) in [6, 6.07) is 3.11. The second-order valence-electron chi connectivity index (χ2n) is 7.23. The second kappa shape index (κ2) is 7.04. The van der Waals surface area contributed by atoms with E-state index in [1.165, 1.54) is 6.07 Å². The average Bonchev–Trinajstić information content (AvgIpc) is 2.45. The summed E-state index contributed by atoms with van der Waals surface area (Å²) in [4.78, 5) is 13.8. The van der Waals surface area contributed by atoms with Crippen LogP contribution in [0.5, 0.6) is 0 Å². The van der Waals surface area contributed by atoms with Gasteiger partial charge in [-0.25, -0.2) is 13.2 Å². The molecule has 0 bridgehead atoms. The van der Waals surface area contributed by atoms with Crippen molar-refractivity contribution in [1.82, 2.24) is 15.1 Å². The molecule has 1 aliphatic heterocycles. The molecule has 1 fully saturated rings. The van der Waals surface area contributed by atoms with Crippen molar-refractivity contribution in [3.8, 4) is 0 Å². The Kier molecular flexibility index (Phi) is 5.47. The number of sulfone groups is 1. The van der Waals surface area contributed by atoms with Crippen LogP contribution in [0.25, 0.3) is 0 Å². The smallest absolute Gasteiger partial charge is 0.410 e. The maximum atomic E-state index is 12.5. The Hall–Kier alpha value is -1.70. The largest absolute Gasteiger partial charge is 0.444 e. The van der Waals surface area contributed by atoms with E-state index in [0.717, 1.165) is 12.8 Å². The molecule has 1 aromatic rings. The van der Waals surface area contributed by atoms with Crippen LogP contribution in [-0.4, -0.2) is 54.1 Å². The first kappa shape index (κ1) is 18.6. The number of nitrogens with zero attached hydrogens (tertiary/aromatic N) is 3. The van der Waals surface area contributed by atoms with E-state index >= 15 is 0 Å². The molecule has 0 saturated carbocycles. The third-order valence-electron chi connectivity index (χ3n) is 3.72. The SMILES string of the molecule is Cc1ccc(S(=O)(=O)C[C@@H]2CCCN(C(=O)OC(C)(C)C)C2)nn1. The molecule has 1 aromatic heterocycles. The number of hydrogen-bond acceptors (Lipinski definition) is 6. The number of hydrogen-bond donors (Lipinski definition) is 0. The highest BCUT2D eigenvalue weighted by molar-refractivity contribution is 7.91. The summed E-state index contributed by atoms with van der Waals surface area (Å²) in [5, 5.41) is 7.57. The first-order chi connectivity index (χ1) is 11.1. The molecule has 0 unspecified atom stereocenters. The normalized spacial score (nSPS) is 19.2. The Morgan fingerprint density at radius 3 is 2.62 bits per heavy atom. The number of carbonyl (C=O) groups is 1. The van der Waals surface area contributed by atoms with Gasteiger partial charge in [-0.3, -0.25) is 0 Å². The molecule has 0 aliphatic carbocycles. The summed E-state index contributed by atoms with van der Waals surface area (Å²) in [6.45, 7) is 8.17. The van der Waals surface area contributed by atoms with Gasteiger partial charge in [-0.1, -0.05) is 0 Å². The number of aryl methyl sites for hydroxylation is 1. The minimum Gasteiger partial charge on any atom is -0.444 e. The molecule has 0 N–H and O–H groups in total. The van der Waals surface area contributed by atoms with Crippen molar-refractivity contribution in [3.63, 3.8) is 0 Å². The Morgan fingerprint density at radius 1 is 1.33 bits per heavy atom. The number of rotatable bonds is 3. The van der Waals surface area contributed by atoms with Crippen LogP contribution in [0.4, 0.5) is 4.79 Å². The van der Waals surface area contributed by atoms with E-state index in [-0.39, 0.29) is 22.8 Å². The van der Waals surface area contributed by atoms with Crippen LogP contribution in [0.15, 0.2) is 17.2 Å². The van der Waals surface area contributed by atoms with E-state index in [1.54, 1.807) is 17.9 Å². The number of aromatic nitrogens is 2. The summed E-state index contributed by atoms with van der Waals surface area (Å²) in [6.07, 6.45) is 1.14. The highest BCUT2D eigenvalue weighted by Crippen LogP contribution is 2.22. The van der Waals surface area contributed by atoms with Crippen molar-refractivity contribution in [2.24, 2.45) is 5.92 Å². The molecule has 7 nitrogen and oxygen atoms in total. The van der Waals surface area contributed by atoms with Crippen molar-refractivity contribution < 1.29 is 17.9 Å². The van der Waals surface area contributed by atoms with Crippen LogP contribution in [0.3, 0.4) is 0 Å². The summed E-state index contributed by atoms with van der Waals surface area (Å²) < 4.78 is 30.3. The Balaban J connectivity index is 2.02. The minimum absolute atomic E-state index is 0.0116. The van der Waals surface area contributed by atoms with Gasteiger partial charge in [-0.2, -0.15) is 5.10 Å². The molecule has 2 heterocycles. The van der Waals surface area contributed by atoms with Crippen LogP contribution in [0, 0.1) is 12.8 Å². The third-order valence-corrected chi connectivity index (χ3v) is 5.48. The van der Waals surface area contributed by atoms with Gasteiger partial charge in [0, 0.05) is 13.1 Å². The molecule has 2 rings (SSSR count). The van der Waals surface area contributed by atoms with Gasteiger partial charge < -0.3 is 9.64 Å². The fourth-order valence-electron chi connectivity index (χ4n) is 2.64. The topological polar surface area (TPSA) is 89.5 Å². The first-order valence-electron chi connectivity index (χ1n) is 8.08. The van der Waals surface area contributed by atoms with Crippen LogP contribution in [0.2, 0.25) is 0 Å². The fourth-order valence-corrected chi connectivity index (χ4v) is 4.15. The fraction of sp³-hybridized carbons (Fsp3) is 0.688. The van der Waals surface area contributed by atoms with Gasteiger partial charge >= 0.3 is 6.09 Å². The molecular formula is C16H25N3O4S. The highest BCUT2D eigenvalue weighted by atomic mass is 32.2. The van der Waals surface area contributed by atoms with Crippen molar-refractivity contribution in [3.05, 3.63) is 17.8 Å². The predicted molar refractivity (Wildman–Crippen MR) is 89.4 cm³/mol. The molecule has 1 saturated heterocycles. The summed E-state index contributed by atoms with van der Waals surface area (Å²) in [5.74, 6) is -0.163. The van der Waals surface area contributed by atoms with Gasteiger partial charge in [-0.05, 0) is 58.6 Å². The lowest BCUT2D eigenvalue weighted by atomic mass is 10.0. The van der Waals surface area contributed by atoms with Crippen LogP contribution >= 0.6 is 0 Å². The summed E-state index contributed by atoms with van der Waals surface area (Å²) >= 11 is 0. The monoisotopic (exact) mass is 355 g/mol. The second-order valence-corrected chi connectivity index (χ2v) is 9.21. The lowest BCUT2D eigenvalue weighted by molar-refractivity contribution is 0.0176. The summed E-state index contributed by atoms with van der Waals surface area (Å²) in [7, 11) is -3.51. The molecule has 1 amide bonds. The number of ether oxygens (including phenoxy) is 1. The lowest BCUT2D eigenvalue weighted by Crippen LogP contribution is -2.44. The van der Waals surface area contributed by atoms with Crippen molar-refractivity contribution in [1.29, 1.82) is 0 Å². The molecule has 0 spiro atoms. The summed E-state index contributed by atoms with van der Waals surface area (Å²) in [5.41, 5.74) is 0.107. The van der Waals surface area contributed by atoms with E-state index in [2.05, 4.69) is 10.2 Å². The van der Waals surface area contributed by atoms with Crippen molar-refractivity contribution in [2.75, 3.05) is 18.8 Å². The van der Waals surface area contributed by atoms with E-state index in [4.69, 9.17) is 4.74 Å². The van der Waals surface area contributed by atoms with Gasteiger partial charge in [0.05, 0.1) is 11.4 Å². The van der Waals surface area contributed by atoms with Crippen LogP contribution < -0.4 is 0 Å². The minimum atomic E-state index is -3.51. The van der Waals surface area contributed by atoms with Gasteiger partial charge in [0.25, 0.3) is 0 Å². The lowest BCUT2D eigenvalue weighted by Gasteiger charge is -2.33. The highest BCUT2D eigenvalue weighted by Gasteiger charge is 2.31. The van der Waals surface area contributed by atoms with E-state index in [1.807, 2.05) is 20.8 Å². The number of piperidine rings is 1. The van der Waals surface area contributed by atoms with Gasteiger partial charge in [0.2, 0.25) is 0 Å². The van der Waals surface area contributed by atoms with Gasteiger partial charge in [-0.15, -0.1) is 5.10 Å². The Bertz CT molecular complexity index is 680. The van der Waals surface area contributed by atoms with E-state index < -0.39 is 15.4 Å². The standard InChI is InChI=1S/C16H25N3O4S/c1-12-7-8-14(18-17-12)24(21,22)11-13-6-5-9-19(10-13)15(20)23-16(2,3)4/h7-8,13H,5-6,9-11H2,1-4H3/t13-/m1/s1. The molecule has 1 aliphatic rings. The van der Waals surface area contributed by atoms with E-state index in [9.17, 15) is 13.2 Å². The molecule has 0 aromatic carbocycles. The van der Waals surface area contributed by atoms with Gasteiger partial charge in [0.15, 0.2) is 14.9 Å². The van der Waals surface area contributed by atoms with E-state index in [0.29, 0.717) is 18.8 Å². The maximum absolute atomic E-state index is 12.5. The maximum Gasteiger partial charge on any atom is 0.410 e. The predicted octanol–water partition coefficient (Wildman–Crippen LogP) is 2.21. The molecule has 8 heteroatoms. The number of carbonyl (C=O) groups excluding carboxylic acids is 1. The van der Waals surface area contributed by atoms with Gasteiger partial charge in [0.1, 0.15) is 5.60 Å². The third kappa shape index (κ3) is 5.15. The molecule has 24 heavy (non-hydrogen) atoms. The Morgan fingerprint density at radius 2 is 2.04 bits per heavy atom. The number of likely N-dealkylation sites (tertiary alicyclic amines) is 1. The first-order valence-corrected chi connectivity index (χ1v) is 9.73. The van der Waals surface area contributed by atoms with Crippen LogP contribution in [0.1, 0.15) is 39.3 Å². The quantitative estimate of drug-likeness (QED) is 0.826. The zero-order valence-electron chi connectivity index (χ0n) is 14.7. The number of amides is 1. The van der Waals surface area contributed by atoms with Crippen LogP contribution in [-0.2, 0) is 14.6 Å². The molecule has 134 valence electrons. The zero-order valence-corrected chi connectivity index (χ0v) is 15.5. The molecular weight excluding hydrogens is 330 g/mol. The van der Waals surface area contributed by atoms with Crippen molar-refractivity contribution >= 4 is 15.9 Å². The Labute approximate surface area is 143 Å².